The smallest absolute Gasteiger partial charge is 0.183 e. The largest absolute Gasteiger partial charge is 0.506 e. The standard InChI is InChI=1S/C26H30O4/c1-17(2)13-16-26(5)23(29)21(20(27)12-11-18-9-7-6-8-10-18)22(28)19-14-15-25(3,4)30-24(19)26/h6-10,13-15,28H,11-12,16H2,1-5H3/t26-/m0/s1. The lowest BCUT2D eigenvalue weighted by Gasteiger charge is -2.41. The maximum Gasteiger partial charge on any atom is 0.183 e. The van der Waals surface area contributed by atoms with Crippen LogP contribution in [0.4, 0.5) is 0 Å². The van der Waals surface area contributed by atoms with E-state index >= 15 is 0 Å². The van der Waals surface area contributed by atoms with Crippen molar-refractivity contribution in [1.82, 2.24) is 0 Å². The number of aliphatic hydroxyl groups is 1. The molecule has 0 radical (unpaired) electrons. The van der Waals surface area contributed by atoms with Crippen molar-refractivity contribution in [3.05, 3.63) is 82.4 Å². The highest BCUT2D eigenvalue weighted by atomic mass is 16.5. The van der Waals surface area contributed by atoms with Crippen LogP contribution in [0.15, 0.2) is 76.8 Å². The second-order valence-electron chi connectivity index (χ2n) is 9.06. The number of benzene rings is 1. The Hall–Kier alpha value is -2.88. The van der Waals surface area contributed by atoms with Crippen molar-refractivity contribution < 1.29 is 19.4 Å². The van der Waals surface area contributed by atoms with Gasteiger partial charge in [0.25, 0.3) is 0 Å². The number of allylic oxidation sites excluding steroid dienone is 5. The monoisotopic (exact) mass is 406 g/mol. The van der Waals surface area contributed by atoms with Gasteiger partial charge in [-0.25, -0.2) is 0 Å². The average Bonchev–Trinajstić information content (AvgIpc) is 2.69. The van der Waals surface area contributed by atoms with Crippen LogP contribution in [0.2, 0.25) is 0 Å². The van der Waals surface area contributed by atoms with Crippen molar-refractivity contribution in [1.29, 1.82) is 0 Å². The van der Waals surface area contributed by atoms with Crippen LogP contribution >= 0.6 is 0 Å². The molecule has 1 aliphatic carbocycles. The summed E-state index contributed by atoms with van der Waals surface area (Å²) in [5.41, 5.74) is 0.777. The number of aliphatic hydroxyl groups excluding tert-OH is 1. The first-order valence-electron chi connectivity index (χ1n) is 10.4. The number of hydrogen-bond donors (Lipinski definition) is 1. The molecule has 0 saturated carbocycles. The quantitative estimate of drug-likeness (QED) is 0.496. The molecule has 1 aromatic carbocycles. The van der Waals surface area contributed by atoms with Crippen LogP contribution in [0.5, 0.6) is 0 Å². The topological polar surface area (TPSA) is 63.6 Å². The number of carbonyl (C=O) groups excluding carboxylic acids is 2. The summed E-state index contributed by atoms with van der Waals surface area (Å²) >= 11 is 0. The number of ketones is 2. The van der Waals surface area contributed by atoms with Crippen molar-refractivity contribution in [2.75, 3.05) is 0 Å². The molecule has 0 spiro atoms. The molecule has 0 bridgehead atoms. The number of aryl methyl sites for hydroxylation is 1. The predicted octanol–water partition coefficient (Wildman–Crippen LogP) is 5.56. The number of Topliss-reactive ketones (excluding diaryl/α,β-unsaturated/α-hetero) is 2. The summed E-state index contributed by atoms with van der Waals surface area (Å²) in [6.45, 7) is 9.55. The number of carbonyl (C=O) groups is 2. The van der Waals surface area contributed by atoms with E-state index < -0.39 is 11.0 Å². The molecule has 30 heavy (non-hydrogen) atoms. The average molecular weight is 407 g/mol. The molecular formula is C26H30O4. The molecule has 3 rings (SSSR count). The van der Waals surface area contributed by atoms with E-state index in [4.69, 9.17) is 4.74 Å². The molecule has 0 aromatic heterocycles. The van der Waals surface area contributed by atoms with E-state index in [1.165, 1.54) is 0 Å². The van der Waals surface area contributed by atoms with Gasteiger partial charge < -0.3 is 9.84 Å². The van der Waals surface area contributed by atoms with Gasteiger partial charge in [-0.2, -0.15) is 0 Å². The van der Waals surface area contributed by atoms with Gasteiger partial charge in [-0.15, -0.1) is 0 Å². The number of rotatable bonds is 6. The molecule has 4 nitrogen and oxygen atoms in total. The van der Waals surface area contributed by atoms with Crippen LogP contribution in [0.3, 0.4) is 0 Å². The Morgan fingerprint density at radius 1 is 1.13 bits per heavy atom. The number of hydrogen-bond acceptors (Lipinski definition) is 4. The van der Waals surface area contributed by atoms with E-state index in [9.17, 15) is 14.7 Å². The summed E-state index contributed by atoms with van der Waals surface area (Å²) < 4.78 is 6.16. The Morgan fingerprint density at radius 3 is 2.43 bits per heavy atom. The summed E-state index contributed by atoms with van der Waals surface area (Å²) in [4.78, 5) is 26.7. The summed E-state index contributed by atoms with van der Waals surface area (Å²) in [6, 6.07) is 9.65. The molecule has 0 unspecified atom stereocenters. The minimum atomic E-state index is -1.04. The van der Waals surface area contributed by atoms with Crippen molar-refractivity contribution in [2.45, 2.75) is 59.5 Å². The third-order valence-electron chi connectivity index (χ3n) is 5.66. The van der Waals surface area contributed by atoms with E-state index in [0.29, 0.717) is 24.2 Å². The van der Waals surface area contributed by atoms with Crippen molar-refractivity contribution in [3.8, 4) is 0 Å². The van der Waals surface area contributed by atoms with E-state index in [0.717, 1.165) is 11.1 Å². The van der Waals surface area contributed by atoms with E-state index in [2.05, 4.69) is 0 Å². The van der Waals surface area contributed by atoms with Gasteiger partial charge in [-0.05, 0) is 65.2 Å². The highest BCUT2D eigenvalue weighted by Crippen LogP contribution is 2.48. The molecule has 1 aliphatic heterocycles. The molecule has 0 amide bonds. The van der Waals surface area contributed by atoms with Crippen LogP contribution in [-0.4, -0.2) is 22.3 Å². The third kappa shape index (κ3) is 4.18. The Bertz CT molecular complexity index is 985. The first kappa shape index (κ1) is 21.8. The fourth-order valence-electron chi connectivity index (χ4n) is 3.81. The maximum absolute atomic E-state index is 13.6. The zero-order valence-corrected chi connectivity index (χ0v) is 18.4. The summed E-state index contributed by atoms with van der Waals surface area (Å²) in [7, 11) is 0. The molecular weight excluding hydrogens is 376 g/mol. The zero-order valence-electron chi connectivity index (χ0n) is 18.4. The molecule has 158 valence electrons. The van der Waals surface area contributed by atoms with Crippen LogP contribution in [-0.2, 0) is 20.7 Å². The molecule has 1 N–H and O–H groups in total. The lowest BCUT2D eigenvalue weighted by molar-refractivity contribution is -0.129. The number of ether oxygens (including phenoxy) is 1. The van der Waals surface area contributed by atoms with Crippen molar-refractivity contribution >= 4 is 11.6 Å². The highest BCUT2D eigenvalue weighted by molar-refractivity contribution is 6.24. The van der Waals surface area contributed by atoms with E-state index in [1.54, 1.807) is 13.0 Å². The lowest BCUT2D eigenvalue weighted by Crippen LogP contribution is -2.42. The Morgan fingerprint density at radius 2 is 1.80 bits per heavy atom. The normalized spacial score (nSPS) is 22.5. The molecule has 4 heteroatoms. The second kappa shape index (κ2) is 8.10. The molecule has 0 fully saturated rings. The van der Waals surface area contributed by atoms with Gasteiger partial charge in [0, 0.05) is 6.42 Å². The lowest BCUT2D eigenvalue weighted by atomic mass is 9.69. The van der Waals surface area contributed by atoms with Gasteiger partial charge >= 0.3 is 0 Å². The maximum atomic E-state index is 13.6. The predicted molar refractivity (Wildman–Crippen MR) is 118 cm³/mol. The van der Waals surface area contributed by atoms with Gasteiger partial charge in [0.05, 0.1) is 11.0 Å². The molecule has 1 atom stereocenters. The van der Waals surface area contributed by atoms with Crippen LogP contribution in [0.25, 0.3) is 0 Å². The van der Waals surface area contributed by atoms with E-state index in [-0.39, 0.29) is 29.3 Å². The van der Waals surface area contributed by atoms with Gasteiger partial charge in [0.15, 0.2) is 11.6 Å². The molecule has 1 heterocycles. The zero-order chi connectivity index (χ0) is 22.1. The van der Waals surface area contributed by atoms with Crippen LogP contribution < -0.4 is 0 Å². The molecule has 2 aliphatic rings. The second-order valence-corrected chi connectivity index (χ2v) is 9.06. The van der Waals surface area contributed by atoms with Gasteiger partial charge in [-0.3, -0.25) is 9.59 Å². The SMILES string of the molecule is CC(C)=CC[C@@]1(C)C(=O)C(C(=O)CCc2ccccc2)=C(O)C2=C1OC(C)(C)C=C2. The Labute approximate surface area is 178 Å². The Kier molecular flexibility index (Phi) is 5.89. The van der Waals surface area contributed by atoms with Crippen molar-refractivity contribution in [2.24, 2.45) is 5.41 Å². The summed E-state index contributed by atoms with van der Waals surface area (Å²) in [5.74, 6) is -0.543. The first-order valence-corrected chi connectivity index (χ1v) is 10.4. The fraction of sp³-hybridized carbons (Fsp3) is 0.385. The molecule has 0 saturated heterocycles. The first-order chi connectivity index (χ1) is 14.0. The summed E-state index contributed by atoms with van der Waals surface area (Å²) in [5, 5.41) is 10.9. The summed E-state index contributed by atoms with van der Waals surface area (Å²) in [6.07, 6.45) is 6.66. The highest BCUT2D eigenvalue weighted by Gasteiger charge is 2.50. The Balaban J connectivity index is 2.01. The van der Waals surface area contributed by atoms with E-state index in [1.807, 2.05) is 70.2 Å². The molecule has 1 aromatic rings. The van der Waals surface area contributed by atoms with Crippen molar-refractivity contribution in [3.63, 3.8) is 0 Å². The van der Waals surface area contributed by atoms with Gasteiger partial charge in [0.2, 0.25) is 0 Å². The fourth-order valence-corrected chi connectivity index (χ4v) is 3.81. The van der Waals surface area contributed by atoms with Gasteiger partial charge in [-0.1, -0.05) is 42.0 Å². The minimum absolute atomic E-state index is 0.109. The minimum Gasteiger partial charge on any atom is -0.506 e. The third-order valence-corrected chi connectivity index (χ3v) is 5.66. The van der Waals surface area contributed by atoms with Crippen LogP contribution in [0, 0.1) is 5.41 Å². The van der Waals surface area contributed by atoms with Crippen LogP contribution in [0.1, 0.15) is 53.0 Å². The van der Waals surface area contributed by atoms with Gasteiger partial charge in [0.1, 0.15) is 22.7 Å².